The summed E-state index contributed by atoms with van der Waals surface area (Å²) < 4.78 is 51.7. The van der Waals surface area contributed by atoms with Gasteiger partial charge in [-0.15, -0.1) is 0 Å². The van der Waals surface area contributed by atoms with Gasteiger partial charge in [0.25, 0.3) is 0 Å². The van der Waals surface area contributed by atoms with Crippen LogP contribution in [0.4, 0.5) is 0 Å². The Morgan fingerprint density at radius 3 is 1.18 bits per heavy atom. The molecule has 376 valence electrons. The number of nitrogens with two attached hydrogens (primary N) is 4. The lowest BCUT2D eigenvalue weighted by molar-refractivity contribution is -0.0607. The van der Waals surface area contributed by atoms with E-state index in [4.69, 9.17) is 67.8 Å². The van der Waals surface area contributed by atoms with Crippen molar-refractivity contribution in [1.29, 1.82) is 0 Å². The highest BCUT2D eigenvalue weighted by atomic mass is 16.6. The predicted octanol–water partition coefficient (Wildman–Crippen LogP) is -9.78. The van der Waals surface area contributed by atoms with Gasteiger partial charge in [-0.1, -0.05) is 26.3 Å². The lowest BCUT2D eigenvalue weighted by Gasteiger charge is -2.29. The van der Waals surface area contributed by atoms with E-state index in [0.29, 0.717) is 0 Å². The van der Waals surface area contributed by atoms with E-state index >= 15 is 0 Å². The molecule has 4 saturated heterocycles. The van der Waals surface area contributed by atoms with Crippen LogP contribution in [-0.2, 0) is 18.9 Å². The van der Waals surface area contributed by atoms with Gasteiger partial charge in [0.05, 0.1) is 31.9 Å². The van der Waals surface area contributed by atoms with Crippen molar-refractivity contribution in [3.63, 3.8) is 0 Å². The fraction of sp³-hybridized carbons (Fsp3) is 0.556. The molecule has 32 nitrogen and oxygen atoms in total. The van der Waals surface area contributed by atoms with Crippen LogP contribution in [0.25, 0.3) is 0 Å². The zero-order valence-corrected chi connectivity index (χ0v) is 35.6. The minimum atomic E-state index is -2.34. The second-order valence-corrected chi connectivity index (χ2v) is 14.4. The summed E-state index contributed by atoms with van der Waals surface area (Å²) in [5.41, 5.74) is 21.4. The molecule has 0 amide bonds. The number of nitrogens with zero attached hydrogens (tertiary/aromatic N) is 12. The van der Waals surface area contributed by atoms with Gasteiger partial charge in [0.2, 0.25) is 23.8 Å². The minimum Gasteiger partial charge on any atom is -0.394 e. The molecule has 0 spiro atoms. The van der Waals surface area contributed by atoms with Crippen molar-refractivity contribution in [1.82, 2.24) is 19.6 Å². The van der Waals surface area contributed by atoms with Crippen molar-refractivity contribution in [2.75, 3.05) is 26.4 Å². The van der Waals surface area contributed by atoms with Crippen LogP contribution < -0.4 is 22.9 Å². The van der Waals surface area contributed by atoms with Gasteiger partial charge in [-0.25, -0.2) is 20.0 Å². The first kappa shape index (κ1) is 47.2. The molecule has 0 radical (unpaired) electrons. The molecule has 16 atom stereocenters. The van der Waals surface area contributed by atoms with Gasteiger partial charge >= 0.3 is 0 Å². The summed E-state index contributed by atoms with van der Waals surface area (Å²) in [7, 11) is 0. The first-order valence-corrected chi connectivity index (χ1v) is 19.6. The van der Waals surface area contributed by atoms with Crippen molar-refractivity contribution in [2.24, 2.45) is 62.9 Å². The number of aliphatic hydroxyl groups is 12. The van der Waals surface area contributed by atoms with Gasteiger partial charge in [0, 0.05) is 0 Å². The van der Waals surface area contributed by atoms with Crippen molar-refractivity contribution in [2.45, 2.75) is 98.1 Å². The van der Waals surface area contributed by atoms with E-state index in [2.05, 4.69) is 66.3 Å². The largest absolute Gasteiger partial charge is 0.394 e. The maximum absolute atomic E-state index is 9.92. The van der Waals surface area contributed by atoms with Gasteiger partial charge in [0.1, 0.15) is 122 Å². The summed E-state index contributed by atoms with van der Waals surface area (Å²) in [5.74, 6) is 0.425. The Morgan fingerprint density at radius 2 is 0.824 bits per heavy atom. The molecule has 8 rings (SSSR count). The van der Waals surface area contributed by atoms with Crippen LogP contribution in [0.2, 0.25) is 0 Å². The zero-order chi connectivity index (χ0) is 54.0. The number of guanidine groups is 4. The minimum absolute atomic E-state index is 0.00331. The predicted molar refractivity (Wildman–Crippen MR) is 235 cm³/mol. The maximum atomic E-state index is 9.92. The summed E-state index contributed by atoms with van der Waals surface area (Å²) >= 11 is 0. The normalized spacial score (nSPS) is 42.6. The molecule has 68 heavy (non-hydrogen) atoms. The molecule has 8 aliphatic rings. The topological polar surface area (TPSA) is 496 Å². The molecule has 8 heterocycles. The van der Waals surface area contributed by atoms with Gasteiger partial charge in [-0.3, -0.25) is 19.6 Å². The summed E-state index contributed by atoms with van der Waals surface area (Å²) in [5, 5.41) is 114. The average Bonchev–Trinajstić information content (AvgIpc) is 3.88. The summed E-state index contributed by atoms with van der Waals surface area (Å²) in [6, 6.07) is 0. The fourth-order valence-corrected chi connectivity index (χ4v) is 6.41. The Morgan fingerprint density at radius 1 is 0.441 bits per heavy atom. The molecule has 0 aromatic carbocycles. The SMILES string of the molecule is [2H]C1(O)[C@@H](O)[C@@H](CO)O[C@H]1N1C=NC(N)=NC1=C.[2H][C@@]1(N2C=NC(N)=NC2=C)O[C@H](CO)[C@H](O)C1O.[2H][C@@]1(O)C(O)[C@H](N2C=NC(N)=NC2=C)O[C@@H]1CO.[2H][C@]1(CO)O[C@@H](N2C=NC(N)=NC2=C)C(O)[C@H]1O. The van der Waals surface area contributed by atoms with E-state index < -0.39 is 124 Å². The van der Waals surface area contributed by atoms with Crippen LogP contribution in [0.3, 0.4) is 0 Å². The van der Waals surface area contributed by atoms with E-state index in [1.165, 1.54) is 33.7 Å². The fourth-order valence-electron chi connectivity index (χ4n) is 6.41. The molecule has 20 N–H and O–H groups in total. The van der Waals surface area contributed by atoms with Crippen molar-refractivity contribution in [3.05, 3.63) is 49.6 Å². The number of aliphatic imine (C=N–C) groups is 8. The third kappa shape index (κ3) is 11.7. The first-order chi connectivity index (χ1) is 33.5. The van der Waals surface area contributed by atoms with Crippen molar-refractivity contribution >= 4 is 49.2 Å². The van der Waals surface area contributed by atoms with E-state index in [-0.39, 0.29) is 47.1 Å². The van der Waals surface area contributed by atoms with Crippen molar-refractivity contribution < 1.29 is 85.7 Å². The number of hydrogen-bond donors (Lipinski definition) is 16. The van der Waals surface area contributed by atoms with E-state index in [1.54, 1.807) is 0 Å². The number of hydrogen-bond acceptors (Lipinski definition) is 32. The maximum Gasteiger partial charge on any atom is 0.223 e. The molecule has 0 aromatic heterocycles. The lowest BCUT2D eigenvalue weighted by Crippen LogP contribution is -2.44. The molecule has 0 aliphatic carbocycles. The molecule has 4 fully saturated rings. The van der Waals surface area contributed by atoms with E-state index in [9.17, 15) is 40.9 Å². The van der Waals surface area contributed by atoms with Crippen LogP contribution in [0.5, 0.6) is 0 Å². The summed E-state index contributed by atoms with van der Waals surface area (Å²) in [6.45, 7) is 11.9. The van der Waals surface area contributed by atoms with Crippen LogP contribution in [0.1, 0.15) is 5.48 Å². The number of aliphatic hydroxyl groups excluding tert-OH is 10. The Bertz CT molecular complexity index is 2280. The van der Waals surface area contributed by atoms with E-state index in [0.717, 1.165) is 11.2 Å². The van der Waals surface area contributed by atoms with Gasteiger partial charge in [0.15, 0.2) is 24.9 Å². The van der Waals surface area contributed by atoms with Crippen LogP contribution in [0, 0.1) is 0 Å². The molecule has 4 unspecified atom stereocenters. The molecule has 8 aliphatic heterocycles. The highest BCUT2D eigenvalue weighted by molar-refractivity contribution is 5.91. The third-order valence-corrected chi connectivity index (χ3v) is 9.98. The monoisotopic (exact) mass is 972 g/mol. The number of ether oxygens (including phenoxy) is 4. The van der Waals surface area contributed by atoms with Crippen molar-refractivity contribution in [3.8, 4) is 0 Å². The highest BCUT2D eigenvalue weighted by Crippen LogP contribution is 2.30. The van der Waals surface area contributed by atoms with Gasteiger partial charge < -0.3 is 103 Å². The second kappa shape index (κ2) is 22.9. The highest BCUT2D eigenvalue weighted by Gasteiger charge is 2.49. The van der Waals surface area contributed by atoms with Gasteiger partial charge in [-0.05, 0) is 0 Å². The molecular formula is C36H56N16O16. The van der Waals surface area contributed by atoms with Crippen LogP contribution in [-0.4, -0.2) is 255 Å². The average molecular weight is 973 g/mol. The molecule has 0 bridgehead atoms. The summed E-state index contributed by atoms with van der Waals surface area (Å²) in [6.07, 6.45) is -19.9. The van der Waals surface area contributed by atoms with Crippen LogP contribution >= 0.6 is 0 Å². The Kier molecular flexibility index (Phi) is 15.9. The zero-order valence-electron chi connectivity index (χ0n) is 39.6. The molecular weight excluding hydrogens is 912 g/mol. The third-order valence-electron chi connectivity index (χ3n) is 9.98. The molecule has 0 aromatic rings. The second-order valence-electron chi connectivity index (χ2n) is 14.4. The standard InChI is InChI=1S/4C9H14N4O4/c4*1-4-12-9(10)11-3-13(4)8-7(16)6(15)5(2-14)17-8/h4*3,5-8,14-16H,1-2H2,(H2,10,12)/t4*5-,6+,7?,8-/m1111/s1/i8D;7D;6D;5D. The lowest BCUT2D eigenvalue weighted by atomic mass is 10.1. The molecule has 32 heteroatoms. The molecule has 0 saturated carbocycles. The smallest absolute Gasteiger partial charge is 0.223 e. The Labute approximate surface area is 391 Å². The first-order valence-electron chi connectivity index (χ1n) is 21.6. The summed E-state index contributed by atoms with van der Waals surface area (Å²) in [4.78, 5) is 34.5. The Hall–Kier alpha value is -5.92. The van der Waals surface area contributed by atoms with E-state index in [1.807, 2.05) is 0 Å². The number of rotatable bonds is 8. The quantitative estimate of drug-likeness (QED) is 0.107. The van der Waals surface area contributed by atoms with Gasteiger partial charge in [-0.2, -0.15) is 20.0 Å². The Balaban J connectivity index is 0.000000178. The van der Waals surface area contributed by atoms with Crippen LogP contribution in [0.15, 0.2) is 89.5 Å².